The van der Waals surface area contributed by atoms with Crippen LogP contribution in [0.1, 0.15) is 43.2 Å². The summed E-state index contributed by atoms with van der Waals surface area (Å²) < 4.78 is 2.14. The van der Waals surface area contributed by atoms with Gasteiger partial charge in [0.15, 0.2) is 5.78 Å². The topological polar surface area (TPSA) is 58.7 Å². The lowest BCUT2D eigenvalue weighted by Crippen LogP contribution is -2.12. The Balaban J connectivity index is 0.00000182. The molecule has 4 heteroatoms. The van der Waals surface area contributed by atoms with Crippen molar-refractivity contribution in [2.75, 3.05) is 0 Å². The molecule has 0 N–H and O–H groups in total. The molecular formula is C20H19N3O. The molecule has 0 aliphatic carbocycles. The van der Waals surface area contributed by atoms with Crippen LogP contribution in [0.15, 0.2) is 42.7 Å². The maximum absolute atomic E-state index is 12.5. The van der Waals surface area contributed by atoms with Gasteiger partial charge >= 0.3 is 0 Å². The highest BCUT2D eigenvalue weighted by molar-refractivity contribution is 6.04. The highest BCUT2D eigenvalue weighted by Gasteiger charge is 2.20. The van der Waals surface area contributed by atoms with Gasteiger partial charge in [0.05, 0.1) is 22.8 Å². The van der Waals surface area contributed by atoms with Crippen molar-refractivity contribution in [3.63, 3.8) is 0 Å². The third-order valence-electron chi connectivity index (χ3n) is 4.67. The summed E-state index contributed by atoms with van der Waals surface area (Å²) in [5.41, 5.74) is 4.34. The predicted molar refractivity (Wildman–Crippen MR) is 94.8 cm³/mol. The molecule has 120 valence electrons. The fourth-order valence-corrected chi connectivity index (χ4v) is 3.54. The van der Waals surface area contributed by atoms with Crippen LogP contribution in [0.4, 0.5) is 0 Å². The van der Waals surface area contributed by atoms with Crippen molar-refractivity contribution in [2.24, 2.45) is 0 Å². The molecule has 0 saturated heterocycles. The Bertz CT molecular complexity index is 970. The molecule has 3 heterocycles. The molecule has 4 rings (SSSR count). The van der Waals surface area contributed by atoms with Gasteiger partial charge in [-0.05, 0) is 37.1 Å². The van der Waals surface area contributed by atoms with Crippen molar-refractivity contribution in [2.45, 2.75) is 32.2 Å². The van der Waals surface area contributed by atoms with E-state index in [9.17, 15) is 10.1 Å². The first-order valence-corrected chi connectivity index (χ1v) is 8.29. The SMILES string of the molecule is N#Cc1cc(-c2cccnc2)c2c(c1)cc1n2CCCCCC1=O.[HH]. The van der Waals surface area contributed by atoms with Crippen LogP contribution in [0.5, 0.6) is 0 Å². The molecule has 0 unspecified atom stereocenters. The average molecular weight is 317 g/mol. The number of fused-ring (bicyclic) bond motifs is 3. The van der Waals surface area contributed by atoms with Gasteiger partial charge in [-0.3, -0.25) is 9.78 Å². The number of ketones is 1. The number of Topliss-reactive ketones (excluding diaryl/α,β-unsaturated/α-hetero) is 1. The van der Waals surface area contributed by atoms with Crippen LogP contribution in [-0.2, 0) is 6.54 Å². The van der Waals surface area contributed by atoms with E-state index in [-0.39, 0.29) is 7.21 Å². The molecule has 0 amide bonds. The molecule has 4 nitrogen and oxygen atoms in total. The first-order valence-electron chi connectivity index (χ1n) is 8.29. The van der Waals surface area contributed by atoms with Crippen molar-refractivity contribution < 1.29 is 6.22 Å². The second kappa shape index (κ2) is 5.93. The summed E-state index contributed by atoms with van der Waals surface area (Å²) in [4.78, 5) is 16.7. The smallest absolute Gasteiger partial charge is 0.179 e. The molecule has 0 atom stereocenters. The number of nitriles is 1. The van der Waals surface area contributed by atoms with Crippen LogP contribution in [0, 0.1) is 11.3 Å². The summed E-state index contributed by atoms with van der Waals surface area (Å²) in [5.74, 6) is 0.196. The Morgan fingerprint density at radius 1 is 1.21 bits per heavy atom. The van der Waals surface area contributed by atoms with Gasteiger partial charge in [0.2, 0.25) is 0 Å². The number of aryl methyl sites for hydroxylation is 1. The molecule has 0 spiro atoms. The zero-order valence-electron chi connectivity index (χ0n) is 13.3. The summed E-state index contributed by atoms with van der Waals surface area (Å²) >= 11 is 0. The monoisotopic (exact) mass is 317 g/mol. The lowest BCUT2D eigenvalue weighted by molar-refractivity contribution is 0.0966. The van der Waals surface area contributed by atoms with Crippen LogP contribution < -0.4 is 0 Å². The van der Waals surface area contributed by atoms with Crippen molar-refractivity contribution in [1.29, 1.82) is 5.26 Å². The van der Waals surface area contributed by atoms with Crippen LogP contribution in [-0.4, -0.2) is 15.3 Å². The molecule has 0 radical (unpaired) electrons. The van der Waals surface area contributed by atoms with E-state index in [1.54, 1.807) is 12.4 Å². The number of carbonyl (C=O) groups is 1. The fourth-order valence-electron chi connectivity index (χ4n) is 3.54. The second-order valence-electron chi connectivity index (χ2n) is 6.23. The molecule has 2 aromatic heterocycles. The zero-order chi connectivity index (χ0) is 16.5. The Hall–Kier alpha value is -2.93. The van der Waals surface area contributed by atoms with Gasteiger partial charge in [0, 0.05) is 43.3 Å². The molecule has 1 aliphatic heterocycles. The Morgan fingerprint density at radius 3 is 2.92 bits per heavy atom. The summed E-state index contributed by atoms with van der Waals surface area (Å²) in [6, 6.07) is 11.8. The van der Waals surface area contributed by atoms with Crippen LogP contribution in [0.2, 0.25) is 0 Å². The minimum atomic E-state index is 0. The van der Waals surface area contributed by atoms with Crippen LogP contribution in [0.25, 0.3) is 22.0 Å². The first-order chi connectivity index (χ1) is 11.8. The number of hydrogen-bond acceptors (Lipinski definition) is 3. The van der Waals surface area contributed by atoms with Gasteiger partial charge < -0.3 is 4.57 Å². The van der Waals surface area contributed by atoms with Crippen molar-refractivity contribution in [3.8, 4) is 17.2 Å². The standard InChI is InChI=1S/C20H17N3O.H2/c21-12-14-9-16-11-18-19(24)6-2-1-3-8-23(18)20(16)17(10-14)15-5-4-7-22-13-15;/h4-5,7,9-11,13H,1-3,6,8H2;1H. The Kier molecular flexibility index (Phi) is 3.62. The van der Waals surface area contributed by atoms with Gasteiger partial charge in [0.25, 0.3) is 0 Å². The number of benzene rings is 1. The van der Waals surface area contributed by atoms with Crippen molar-refractivity contribution >= 4 is 16.7 Å². The number of aromatic nitrogens is 2. The van der Waals surface area contributed by atoms with Gasteiger partial charge in [-0.15, -0.1) is 0 Å². The summed E-state index contributed by atoms with van der Waals surface area (Å²) in [5, 5.41) is 10.3. The highest BCUT2D eigenvalue weighted by Crippen LogP contribution is 2.34. The normalized spacial score (nSPS) is 14.7. The van der Waals surface area contributed by atoms with E-state index in [1.807, 2.05) is 30.3 Å². The largest absolute Gasteiger partial charge is 0.338 e. The molecular weight excluding hydrogens is 298 g/mol. The average Bonchev–Trinajstić information content (AvgIpc) is 2.97. The predicted octanol–water partition coefficient (Wildman–Crippen LogP) is 4.58. The molecule has 0 fully saturated rings. The number of rotatable bonds is 1. The van der Waals surface area contributed by atoms with E-state index >= 15 is 0 Å². The van der Waals surface area contributed by atoms with Crippen LogP contribution >= 0.6 is 0 Å². The first kappa shape index (κ1) is 14.6. The minimum absolute atomic E-state index is 0. The van der Waals surface area contributed by atoms with Crippen molar-refractivity contribution in [1.82, 2.24) is 9.55 Å². The lowest BCUT2D eigenvalue weighted by atomic mass is 10.0. The molecule has 24 heavy (non-hydrogen) atoms. The number of nitrogens with zero attached hydrogens (tertiary/aromatic N) is 3. The van der Waals surface area contributed by atoms with Crippen LogP contribution in [0.3, 0.4) is 0 Å². The maximum Gasteiger partial charge on any atom is 0.179 e. The minimum Gasteiger partial charge on any atom is -0.338 e. The number of pyridine rings is 1. The quantitative estimate of drug-likeness (QED) is 0.660. The number of carbonyl (C=O) groups excluding carboxylic acids is 1. The molecule has 3 aromatic rings. The number of hydrogen-bond donors (Lipinski definition) is 0. The highest BCUT2D eigenvalue weighted by atomic mass is 16.1. The molecule has 0 saturated carbocycles. The summed E-state index contributed by atoms with van der Waals surface area (Å²) in [6.07, 6.45) is 7.24. The van der Waals surface area contributed by atoms with E-state index in [0.717, 1.165) is 53.5 Å². The van der Waals surface area contributed by atoms with Gasteiger partial charge in [0.1, 0.15) is 0 Å². The molecule has 1 aromatic carbocycles. The lowest BCUT2D eigenvalue weighted by Gasteiger charge is -2.15. The van der Waals surface area contributed by atoms with Gasteiger partial charge in [-0.1, -0.05) is 12.5 Å². The summed E-state index contributed by atoms with van der Waals surface area (Å²) in [6.45, 7) is 0.837. The third-order valence-corrected chi connectivity index (χ3v) is 4.67. The fraction of sp³-hybridized carbons (Fsp3) is 0.250. The Morgan fingerprint density at radius 2 is 2.12 bits per heavy atom. The van der Waals surface area contributed by atoms with E-state index in [2.05, 4.69) is 15.6 Å². The summed E-state index contributed by atoms with van der Waals surface area (Å²) in [7, 11) is 0. The second-order valence-corrected chi connectivity index (χ2v) is 6.23. The zero-order valence-corrected chi connectivity index (χ0v) is 13.3. The van der Waals surface area contributed by atoms with Crippen molar-refractivity contribution in [3.05, 3.63) is 54.0 Å². The maximum atomic E-state index is 12.5. The van der Waals surface area contributed by atoms with Gasteiger partial charge in [-0.25, -0.2) is 0 Å². The van der Waals surface area contributed by atoms with E-state index in [0.29, 0.717) is 12.0 Å². The van der Waals surface area contributed by atoms with E-state index < -0.39 is 0 Å². The molecule has 0 bridgehead atoms. The Labute approximate surface area is 141 Å². The van der Waals surface area contributed by atoms with Gasteiger partial charge in [-0.2, -0.15) is 5.26 Å². The molecule has 1 aliphatic rings. The third kappa shape index (κ3) is 2.39. The van der Waals surface area contributed by atoms with E-state index in [4.69, 9.17) is 0 Å². The van der Waals surface area contributed by atoms with E-state index in [1.165, 1.54) is 0 Å².